The van der Waals surface area contributed by atoms with Crippen LogP contribution < -0.4 is 10.1 Å². The van der Waals surface area contributed by atoms with Gasteiger partial charge in [-0.25, -0.2) is 0 Å². The molecule has 2 aromatic carbocycles. The van der Waals surface area contributed by atoms with Crippen molar-refractivity contribution < 1.29 is 9.53 Å². The van der Waals surface area contributed by atoms with Crippen molar-refractivity contribution >= 4 is 21.8 Å². The first-order valence-electron chi connectivity index (χ1n) is 9.05. The van der Waals surface area contributed by atoms with Crippen molar-refractivity contribution in [2.24, 2.45) is 0 Å². The van der Waals surface area contributed by atoms with E-state index in [0.29, 0.717) is 13.0 Å². The van der Waals surface area contributed by atoms with Crippen LogP contribution in [0.5, 0.6) is 5.75 Å². The Labute approximate surface area is 163 Å². The molecule has 0 bridgehead atoms. The molecule has 1 atom stereocenters. The number of rotatable bonds is 7. The fraction of sp³-hybridized carbons (Fsp3) is 0.381. The summed E-state index contributed by atoms with van der Waals surface area (Å²) < 4.78 is 6.28. The van der Waals surface area contributed by atoms with Crippen LogP contribution in [0.4, 0.5) is 0 Å². The fourth-order valence-electron chi connectivity index (χ4n) is 3.40. The van der Waals surface area contributed by atoms with Gasteiger partial charge in [-0.15, -0.1) is 0 Å². The van der Waals surface area contributed by atoms with Gasteiger partial charge in [-0.2, -0.15) is 0 Å². The van der Waals surface area contributed by atoms with Gasteiger partial charge in [-0.1, -0.05) is 40.2 Å². The van der Waals surface area contributed by atoms with Crippen LogP contribution in [0, 0.1) is 0 Å². The zero-order valence-electron chi connectivity index (χ0n) is 15.1. The molecule has 2 aromatic rings. The lowest BCUT2D eigenvalue weighted by molar-refractivity contribution is -0.120. The number of hydrogen-bond donors (Lipinski definition) is 1. The van der Waals surface area contributed by atoms with E-state index in [1.54, 1.807) is 7.11 Å². The summed E-state index contributed by atoms with van der Waals surface area (Å²) in [5.74, 6) is 0.915. The molecule has 1 aliphatic heterocycles. The second kappa shape index (κ2) is 9.19. The minimum Gasteiger partial charge on any atom is -0.497 e. The van der Waals surface area contributed by atoms with Gasteiger partial charge in [0.1, 0.15) is 5.75 Å². The second-order valence-electron chi connectivity index (χ2n) is 6.64. The molecule has 1 fully saturated rings. The normalized spacial score (nSPS) is 15.6. The van der Waals surface area contributed by atoms with Gasteiger partial charge in [0, 0.05) is 11.0 Å². The molecule has 1 aliphatic rings. The number of amides is 1. The quantitative estimate of drug-likeness (QED) is 0.742. The van der Waals surface area contributed by atoms with Crippen LogP contribution in [0.2, 0.25) is 0 Å². The highest BCUT2D eigenvalue weighted by atomic mass is 79.9. The predicted octanol–water partition coefficient (Wildman–Crippen LogP) is 3.95. The first kappa shape index (κ1) is 18.9. The Morgan fingerprint density at radius 2 is 1.77 bits per heavy atom. The molecule has 0 aromatic heterocycles. The lowest BCUT2D eigenvalue weighted by atomic mass is 10.0. The molecule has 0 spiro atoms. The van der Waals surface area contributed by atoms with Crippen LogP contribution in [0.15, 0.2) is 53.0 Å². The van der Waals surface area contributed by atoms with E-state index in [0.717, 1.165) is 28.9 Å². The summed E-state index contributed by atoms with van der Waals surface area (Å²) in [5, 5.41) is 3.13. The number of hydrogen-bond acceptors (Lipinski definition) is 3. The van der Waals surface area contributed by atoms with E-state index in [9.17, 15) is 4.79 Å². The Balaban J connectivity index is 1.63. The van der Waals surface area contributed by atoms with Crippen molar-refractivity contribution in [3.05, 3.63) is 64.1 Å². The second-order valence-corrected chi connectivity index (χ2v) is 7.56. The van der Waals surface area contributed by atoms with Crippen molar-refractivity contribution in [1.29, 1.82) is 0 Å². The Kier molecular flexibility index (Phi) is 6.69. The summed E-state index contributed by atoms with van der Waals surface area (Å²) in [5.41, 5.74) is 2.24. The average Bonchev–Trinajstić information content (AvgIpc) is 3.19. The summed E-state index contributed by atoms with van der Waals surface area (Å²) in [4.78, 5) is 14.8. The Hall–Kier alpha value is -1.85. The number of ether oxygens (including phenoxy) is 1. The molecule has 138 valence electrons. The molecule has 0 saturated carbocycles. The number of benzene rings is 2. The highest BCUT2D eigenvalue weighted by molar-refractivity contribution is 9.10. The maximum atomic E-state index is 12.4. The fourth-order valence-corrected chi connectivity index (χ4v) is 3.66. The monoisotopic (exact) mass is 416 g/mol. The lowest BCUT2D eigenvalue weighted by Crippen LogP contribution is -2.37. The zero-order chi connectivity index (χ0) is 18.4. The number of likely N-dealkylation sites (tertiary alicyclic amines) is 1. The molecule has 3 rings (SSSR count). The summed E-state index contributed by atoms with van der Waals surface area (Å²) in [7, 11) is 1.68. The van der Waals surface area contributed by atoms with E-state index < -0.39 is 0 Å². The highest BCUT2D eigenvalue weighted by Gasteiger charge is 2.24. The van der Waals surface area contributed by atoms with E-state index in [2.05, 4.69) is 38.3 Å². The van der Waals surface area contributed by atoms with Crippen molar-refractivity contribution in [1.82, 2.24) is 10.2 Å². The number of nitrogens with one attached hydrogen (secondary N) is 1. The molecule has 1 heterocycles. The number of carbonyl (C=O) groups is 1. The zero-order valence-corrected chi connectivity index (χ0v) is 16.7. The number of nitrogens with zero attached hydrogens (tertiary/aromatic N) is 1. The largest absolute Gasteiger partial charge is 0.497 e. The molecule has 5 heteroatoms. The van der Waals surface area contributed by atoms with Gasteiger partial charge in [0.15, 0.2) is 0 Å². The summed E-state index contributed by atoms with van der Waals surface area (Å²) in [6, 6.07) is 16.3. The standard InChI is InChI=1S/C21H25BrN2O2/c1-26-19-10-6-17(7-11-19)20(24-12-2-3-13-24)15-23-21(25)14-16-4-8-18(22)9-5-16/h4-11,20H,2-3,12-15H2,1H3,(H,23,25)/t20-/m0/s1. The van der Waals surface area contributed by atoms with Gasteiger partial charge in [-0.05, 0) is 61.3 Å². The summed E-state index contributed by atoms with van der Waals surface area (Å²) in [6.07, 6.45) is 2.85. The molecule has 1 saturated heterocycles. The number of methoxy groups -OCH3 is 1. The smallest absolute Gasteiger partial charge is 0.224 e. The van der Waals surface area contributed by atoms with Crippen molar-refractivity contribution in [2.75, 3.05) is 26.7 Å². The minimum atomic E-state index is 0.0602. The maximum Gasteiger partial charge on any atom is 0.224 e. The topological polar surface area (TPSA) is 41.6 Å². The summed E-state index contributed by atoms with van der Waals surface area (Å²) >= 11 is 3.42. The third kappa shape index (κ3) is 5.08. The molecule has 0 radical (unpaired) electrons. The van der Waals surface area contributed by atoms with E-state index in [-0.39, 0.29) is 11.9 Å². The van der Waals surface area contributed by atoms with Crippen molar-refractivity contribution in [3.63, 3.8) is 0 Å². The van der Waals surface area contributed by atoms with Crippen LogP contribution in [-0.4, -0.2) is 37.6 Å². The predicted molar refractivity (Wildman–Crippen MR) is 107 cm³/mol. The van der Waals surface area contributed by atoms with Gasteiger partial charge in [-0.3, -0.25) is 9.69 Å². The third-order valence-corrected chi connectivity index (χ3v) is 5.38. The first-order chi connectivity index (χ1) is 12.7. The van der Waals surface area contributed by atoms with Gasteiger partial charge < -0.3 is 10.1 Å². The molecule has 1 N–H and O–H groups in total. The van der Waals surface area contributed by atoms with E-state index in [1.165, 1.54) is 18.4 Å². The summed E-state index contributed by atoms with van der Waals surface area (Å²) in [6.45, 7) is 2.79. The molecule has 0 unspecified atom stereocenters. The van der Waals surface area contributed by atoms with Gasteiger partial charge in [0.25, 0.3) is 0 Å². The van der Waals surface area contributed by atoms with E-state index in [4.69, 9.17) is 4.74 Å². The minimum absolute atomic E-state index is 0.0602. The van der Waals surface area contributed by atoms with Gasteiger partial charge in [0.05, 0.1) is 19.6 Å². The Bertz CT molecular complexity index is 710. The molecule has 0 aliphatic carbocycles. The average molecular weight is 417 g/mol. The molecule has 1 amide bonds. The van der Waals surface area contributed by atoms with Crippen LogP contribution in [-0.2, 0) is 11.2 Å². The van der Waals surface area contributed by atoms with Gasteiger partial charge in [0.2, 0.25) is 5.91 Å². The number of carbonyl (C=O) groups excluding carboxylic acids is 1. The van der Waals surface area contributed by atoms with Crippen LogP contribution in [0.25, 0.3) is 0 Å². The van der Waals surface area contributed by atoms with Crippen molar-refractivity contribution in [2.45, 2.75) is 25.3 Å². The van der Waals surface area contributed by atoms with E-state index >= 15 is 0 Å². The SMILES string of the molecule is COc1ccc([C@H](CNC(=O)Cc2ccc(Br)cc2)N2CCCC2)cc1. The molecular weight excluding hydrogens is 392 g/mol. The van der Waals surface area contributed by atoms with Gasteiger partial charge >= 0.3 is 0 Å². The van der Waals surface area contributed by atoms with E-state index in [1.807, 2.05) is 36.4 Å². The number of halogens is 1. The molecule has 26 heavy (non-hydrogen) atoms. The lowest BCUT2D eigenvalue weighted by Gasteiger charge is -2.28. The van der Waals surface area contributed by atoms with Crippen LogP contribution in [0.1, 0.15) is 30.0 Å². The third-order valence-electron chi connectivity index (χ3n) is 4.85. The molecular formula is C21H25BrN2O2. The maximum absolute atomic E-state index is 12.4. The first-order valence-corrected chi connectivity index (χ1v) is 9.84. The van der Waals surface area contributed by atoms with Crippen molar-refractivity contribution in [3.8, 4) is 5.75 Å². The Morgan fingerprint density at radius 3 is 2.38 bits per heavy atom. The Morgan fingerprint density at radius 1 is 1.12 bits per heavy atom. The van der Waals surface area contributed by atoms with Crippen LogP contribution >= 0.6 is 15.9 Å². The molecule has 4 nitrogen and oxygen atoms in total. The highest BCUT2D eigenvalue weighted by Crippen LogP contribution is 2.26. The van der Waals surface area contributed by atoms with Crippen LogP contribution in [0.3, 0.4) is 0 Å².